The van der Waals surface area contributed by atoms with E-state index in [1.807, 2.05) is 38.1 Å². The van der Waals surface area contributed by atoms with Gasteiger partial charge in [0.25, 0.3) is 15.7 Å². The second-order valence-electron chi connectivity index (χ2n) is 7.21. The number of alkyl halides is 3. The monoisotopic (exact) mass is 462 g/mol. The second-order valence-corrected chi connectivity index (χ2v) is 9.15. The number of sulfone groups is 1. The lowest BCUT2D eigenvalue weighted by atomic mass is 10.1. The van der Waals surface area contributed by atoms with Crippen LogP contribution in [0.3, 0.4) is 0 Å². The Morgan fingerprint density at radius 2 is 1.66 bits per heavy atom. The first kappa shape index (κ1) is 21.8. The Morgan fingerprint density at radius 1 is 1.00 bits per heavy atom. The third-order valence-electron chi connectivity index (χ3n) is 4.81. The number of hydrogen-bond acceptors (Lipinski definition) is 6. The van der Waals surface area contributed by atoms with Crippen LogP contribution >= 0.6 is 0 Å². The molecule has 2 aromatic heterocycles. The molecule has 7 nitrogen and oxygen atoms in total. The Balaban J connectivity index is 1.56. The summed E-state index contributed by atoms with van der Waals surface area (Å²) in [6.45, 7) is 4.46. The molecule has 4 aromatic rings. The predicted molar refractivity (Wildman–Crippen MR) is 109 cm³/mol. The molecule has 0 saturated carbocycles. The Morgan fingerprint density at radius 3 is 2.28 bits per heavy atom. The molecule has 0 amide bonds. The minimum atomic E-state index is -5.42. The maximum absolute atomic E-state index is 12.7. The van der Waals surface area contributed by atoms with E-state index >= 15 is 0 Å². The molecule has 2 aromatic carbocycles. The summed E-state index contributed by atoms with van der Waals surface area (Å²) < 4.78 is 68.1. The molecule has 0 spiro atoms. The highest BCUT2D eigenvalue weighted by Crippen LogP contribution is 2.31. The zero-order valence-electron chi connectivity index (χ0n) is 17.0. The zero-order chi connectivity index (χ0) is 23.1. The standard InChI is InChI=1S/C21H17F3N4O3S/c1-13-3-5-15(6-4-13)12-28-14(2)11-18(26-28)20-25-19(27-31-20)16-7-9-17(10-8-16)32(29,30)21(22,23)24/h3-11H,12H2,1-2H3. The van der Waals surface area contributed by atoms with Crippen LogP contribution in [-0.2, 0) is 16.4 Å². The van der Waals surface area contributed by atoms with E-state index in [2.05, 4.69) is 15.2 Å². The lowest BCUT2D eigenvalue weighted by molar-refractivity contribution is -0.0436. The van der Waals surface area contributed by atoms with Gasteiger partial charge in [-0.3, -0.25) is 4.68 Å². The largest absolute Gasteiger partial charge is 0.501 e. The fourth-order valence-electron chi connectivity index (χ4n) is 3.00. The molecule has 0 saturated heterocycles. The molecule has 0 aliphatic carbocycles. The van der Waals surface area contributed by atoms with Gasteiger partial charge in [0.1, 0.15) is 0 Å². The molecule has 0 aliphatic rings. The summed E-state index contributed by atoms with van der Waals surface area (Å²) >= 11 is 0. The molecule has 11 heteroatoms. The molecule has 0 N–H and O–H groups in total. The van der Waals surface area contributed by atoms with Crippen LogP contribution < -0.4 is 0 Å². The molecule has 4 rings (SSSR count). The highest BCUT2D eigenvalue weighted by atomic mass is 32.2. The van der Waals surface area contributed by atoms with Crippen LogP contribution in [0.5, 0.6) is 0 Å². The molecular weight excluding hydrogens is 445 g/mol. The van der Waals surface area contributed by atoms with E-state index in [0.29, 0.717) is 17.8 Å². The van der Waals surface area contributed by atoms with Crippen LogP contribution in [-0.4, -0.2) is 33.8 Å². The molecule has 0 unspecified atom stereocenters. The quantitative estimate of drug-likeness (QED) is 0.432. The van der Waals surface area contributed by atoms with Crippen LogP contribution in [0.15, 0.2) is 64.0 Å². The summed E-state index contributed by atoms with van der Waals surface area (Å²) in [6, 6.07) is 13.9. The van der Waals surface area contributed by atoms with Gasteiger partial charge >= 0.3 is 5.51 Å². The fourth-order valence-corrected chi connectivity index (χ4v) is 3.76. The highest BCUT2D eigenvalue weighted by molar-refractivity contribution is 7.92. The van der Waals surface area contributed by atoms with Crippen molar-refractivity contribution in [3.8, 4) is 23.0 Å². The lowest BCUT2D eigenvalue weighted by Gasteiger charge is -2.07. The second kappa shape index (κ2) is 7.90. The van der Waals surface area contributed by atoms with Gasteiger partial charge in [-0.2, -0.15) is 23.3 Å². The van der Waals surface area contributed by atoms with Crippen molar-refractivity contribution in [3.63, 3.8) is 0 Å². The SMILES string of the molecule is Cc1ccc(Cn2nc(-c3nc(-c4ccc(S(=O)(=O)C(F)(F)F)cc4)no3)cc2C)cc1. The van der Waals surface area contributed by atoms with E-state index in [1.165, 1.54) is 12.1 Å². The van der Waals surface area contributed by atoms with E-state index in [9.17, 15) is 21.6 Å². The maximum Gasteiger partial charge on any atom is 0.501 e. The number of rotatable bonds is 5. The van der Waals surface area contributed by atoms with Crippen LogP contribution in [0, 0.1) is 13.8 Å². The highest BCUT2D eigenvalue weighted by Gasteiger charge is 2.46. The average Bonchev–Trinajstić information content (AvgIpc) is 3.36. The summed E-state index contributed by atoms with van der Waals surface area (Å²) in [5.74, 6) is 0.236. The van der Waals surface area contributed by atoms with E-state index in [0.717, 1.165) is 29.0 Å². The molecule has 0 radical (unpaired) electrons. The van der Waals surface area contributed by atoms with Crippen LogP contribution in [0.4, 0.5) is 13.2 Å². The van der Waals surface area contributed by atoms with Gasteiger partial charge < -0.3 is 4.52 Å². The van der Waals surface area contributed by atoms with Crippen molar-refractivity contribution in [1.82, 2.24) is 19.9 Å². The van der Waals surface area contributed by atoms with Crippen molar-refractivity contribution in [1.29, 1.82) is 0 Å². The Bertz CT molecular complexity index is 1360. The molecule has 0 atom stereocenters. The van der Waals surface area contributed by atoms with Crippen LogP contribution in [0.1, 0.15) is 16.8 Å². The maximum atomic E-state index is 12.7. The number of benzene rings is 2. The third kappa shape index (κ3) is 4.15. The van der Waals surface area contributed by atoms with E-state index < -0.39 is 20.2 Å². The molecule has 0 bridgehead atoms. The minimum absolute atomic E-state index is 0.0988. The summed E-state index contributed by atoms with van der Waals surface area (Å²) in [7, 11) is -5.42. The van der Waals surface area contributed by atoms with Crippen molar-refractivity contribution in [3.05, 3.63) is 71.4 Å². The van der Waals surface area contributed by atoms with Crippen molar-refractivity contribution in [2.75, 3.05) is 0 Å². The van der Waals surface area contributed by atoms with Gasteiger partial charge in [-0.25, -0.2) is 8.42 Å². The van der Waals surface area contributed by atoms with Gasteiger partial charge in [-0.15, -0.1) is 0 Å². The summed E-state index contributed by atoms with van der Waals surface area (Å²) in [4.78, 5) is 3.38. The molecule has 0 aliphatic heterocycles. The van der Waals surface area contributed by atoms with Crippen LogP contribution in [0.2, 0.25) is 0 Å². The van der Waals surface area contributed by atoms with Gasteiger partial charge in [0, 0.05) is 11.3 Å². The molecule has 0 fully saturated rings. The van der Waals surface area contributed by atoms with Gasteiger partial charge in [-0.05, 0) is 49.7 Å². The Hall–Kier alpha value is -3.47. The fraction of sp³-hybridized carbons (Fsp3) is 0.190. The Kier molecular flexibility index (Phi) is 5.37. The summed E-state index contributed by atoms with van der Waals surface area (Å²) in [5.41, 5.74) is -1.51. The number of hydrogen-bond donors (Lipinski definition) is 0. The molecule has 166 valence electrons. The Labute approximate surface area is 181 Å². The minimum Gasteiger partial charge on any atom is -0.332 e. The van der Waals surface area contributed by atoms with Gasteiger partial charge in [0.05, 0.1) is 11.4 Å². The predicted octanol–water partition coefficient (Wildman–Crippen LogP) is 4.56. The van der Waals surface area contributed by atoms with Crippen molar-refractivity contribution >= 4 is 9.84 Å². The number of nitrogens with zero attached hydrogens (tertiary/aromatic N) is 4. The zero-order valence-corrected chi connectivity index (χ0v) is 17.8. The lowest BCUT2D eigenvalue weighted by Crippen LogP contribution is -2.23. The first-order chi connectivity index (χ1) is 15.0. The first-order valence-electron chi connectivity index (χ1n) is 9.40. The van der Waals surface area contributed by atoms with Gasteiger partial charge in [-0.1, -0.05) is 35.0 Å². The van der Waals surface area contributed by atoms with Gasteiger partial charge in [0.15, 0.2) is 5.69 Å². The van der Waals surface area contributed by atoms with Crippen molar-refractivity contribution in [2.45, 2.75) is 30.8 Å². The number of aryl methyl sites for hydroxylation is 2. The average molecular weight is 462 g/mol. The smallest absolute Gasteiger partial charge is 0.332 e. The molecule has 32 heavy (non-hydrogen) atoms. The van der Waals surface area contributed by atoms with Crippen molar-refractivity contribution < 1.29 is 26.1 Å². The normalized spacial score (nSPS) is 12.3. The summed E-state index contributed by atoms with van der Waals surface area (Å²) in [5, 5.41) is 8.32. The number of aromatic nitrogens is 4. The third-order valence-corrected chi connectivity index (χ3v) is 6.31. The van der Waals surface area contributed by atoms with Crippen LogP contribution in [0.25, 0.3) is 23.0 Å². The van der Waals surface area contributed by atoms with E-state index in [-0.39, 0.29) is 11.7 Å². The van der Waals surface area contributed by atoms with Gasteiger partial charge in [0.2, 0.25) is 5.82 Å². The molecular formula is C21H17F3N4O3S. The van der Waals surface area contributed by atoms with Crippen molar-refractivity contribution in [2.24, 2.45) is 0 Å². The van der Waals surface area contributed by atoms with E-state index in [1.54, 1.807) is 10.7 Å². The van der Waals surface area contributed by atoms with E-state index in [4.69, 9.17) is 4.52 Å². The first-order valence-corrected chi connectivity index (χ1v) is 10.9. The summed E-state index contributed by atoms with van der Waals surface area (Å²) in [6.07, 6.45) is 0. The topological polar surface area (TPSA) is 90.9 Å². The number of halogens is 3. The molecule has 2 heterocycles.